The lowest BCUT2D eigenvalue weighted by atomic mass is 10.1. The van der Waals surface area contributed by atoms with E-state index >= 15 is 0 Å². The molecule has 0 fully saturated rings. The monoisotopic (exact) mass is 449 g/mol. The van der Waals surface area contributed by atoms with Gasteiger partial charge in [-0.3, -0.25) is 13.9 Å². The van der Waals surface area contributed by atoms with Gasteiger partial charge in [0, 0.05) is 30.8 Å². The number of imidazole rings is 1. The van der Waals surface area contributed by atoms with Crippen LogP contribution in [-0.4, -0.2) is 25.2 Å². The topological polar surface area (TPSA) is 65.1 Å². The van der Waals surface area contributed by atoms with Crippen LogP contribution >= 0.6 is 11.6 Å². The van der Waals surface area contributed by atoms with E-state index in [9.17, 15) is 9.59 Å². The van der Waals surface area contributed by atoms with E-state index in [0.717, 1.165) is 17.8 Å². The van der Waals surface area contributed by atoms with Crippen LogP contribution in [0.4, 0.5) is 11.6 Å². The van der Waals surface area contributed by atoms with Gasteiger partial charge in [0.05, 0.1) is 6.54 Å². The standard InChI is InChI=1S/C24H24ClN5O2/c1-15-7-9-19(10-8-15)28-12-16(2)13-29-20-21(26-23(28)29)27(3)24(32)30(22(20)31)14-17-5-4-6-18(25)11-17/h4-11,16H,12-14H2,1-3H3/t16-/m0/s1. The van der Waals surface area contributed by atoms with Crippen LogP contribution in [0, 0.1) is 12.8 Å². The molecule has 8 heteroatoms. The second kappa shape index (κ2) is 7.67. The predicted octanol–water partition coefficient (Wildman–Crippen LogP) is 3.69. The molecule has 0 N–H and O–H groups in total. The predicted molar refractivity (Wildman–Crippen MR) is 127 cm³/mol. The Morgan fingerprint density at radius 1 is 1.09 bits per heavy atom. The third-order valence-electron chi connectivity index (χ3n) is 6.02. The number of halogens is 1. The molecule has 3 heterocycles. The lowest BCUT2D eigenvalue weighted by molar-refractivity contribution is 0.458. The lowest BCUT2D eigenvalue weighted by Crippen LogP contribution is -2.40. The minimum Gasteiger partial charge on any atom is -0.312 e. The van der Waals surface area contributed by atoms with Crippen molar-refractivity contribution in [1.82, 2.24) is 18.7 Å². The summed E-state index contributed by atoms with van der Waals surface area (Å²) in [7, 11) is 1.66. The Balaban J connectivity index is 1.72. The molecule has 0 amide bonds. The number of aromatic nitrogens is 4. The SMILES string of the molecule is Cc1ccc(N2C[C@H](C)Cn3c2nc2c3c(=O)n(Cc3cccc(Cl)c3)c(=O)n2C)cc1. The van der Waals surface area contributed by atoms with E-state index in [2.05, 4.69) is 43.0 Å². The summed E-state index contributed by atoms with van der Waals surface area (Å²) in [4.78, 5) is 33.5. The zero-order valence-corrected chi connectivity index (χ0v) is 19.0. The van der Waals surface area contributed by atoms with Crippen LogP contribution < -0.4 is 16.1 Å². The van der Waals surface area contributed by atoms with Crippen LogP contribution in [0.15, 0.2) is 58.1 Å². The molecule has 0 bridgehead atoms. The van der Waals surface area contributed by atoms with Gasteiger partial charge in [0.15, 0.2) is 11.2 Å². The highest BCUT2D eigenvalue weighted by atomic mass is 35.5. The number of fused-ring (bicyclic) bond motifs is 3. The Bertz CT molecular complexity index is 1450. The summed E-state index contributed by atoms with van der Waals surface area (Å²) < 4.78 is 4.68. The lowest BCUT2D eigenvalue weighted by Gasteiger charge is -2.33. The van der Waals surface area contributed by atoms with Gasteiger partial charge in [-0.05, 0) is 42.7 Å². The van der Waals surface area contributed by atoms with Gasteiger partial charge in [-0.1, -0.05) is 48.4 Å². The van der Waals surface area contributed by atoms with Gasteiger partial charge in [-0.15, -0.1) is 0 Å². The molecular weight excluding hydrogens is 426 g/mol. The highest BCUT2D eigenvalue weighted by Crippen LogP contribution is 2.32. The molecule has 0 unspecified atom stereocenters. The average molecular weight is 450 g/mol. The summed E-state index contributed by atoms with van der Waals surface area (Å²) in [5, 5.41) is 0.567. The molecule has 4 aromatic rings. The largest absolute Gasteiger partial charge is 0.332 e. The molecule has 0 spiro atoms. The van der Waals surface area contributed by atoms with Crippen molar-refractivity contribution in [3.05, 3.63) is 85.5 Å². The molecule has 7 nitrogen and oxygen atoms in total. The molecule has 0 saturated carbocycles. The summed E-state index contributed by atoms with van der Waals surface area (Å²) in [5.41, 5.74) is 3.12. The normalized spacial score (nSPS) is 15.9. The molecule has 5 rings (SSSR count). The van der Waals surface area contributed by atoms with Gasteiger partial charge in [0.1, 0.15) is 0 Å². The molecule has 2 aromatic heterocycles. The van der Waals surface area contributed by atoms with E-state index in [1.165, 1.54) is 14.7 Å². The highest BCUT2D eigenvalue weighted by molar-refractivity contribution is 6.30. The fourth-order valence-electron chi connectivity index (χ4n) is 4.40. The summed E-state index contributed by atoms with van der Waals surface area (Å²) in [6.07, 6.45) is 0. The first-order valence-corrected chi connectivity index (χ1v) is 11.0. The molecule has 1 aliphatic heterocycles. The zero-order valence-electron chi connectivity index (χ0n) is 18.2. The van der Waals surface area contributed by atoms with Gasteiger partial charge < -0.3 is 9.47 Å². The van der Waals surface area contributed by atoms with Crippen molar-refractivity contribution in [1.29, 1.82) is 0 Å². The molecule has 2 aromatic carbocycles. The summed E-state index contributed by atoms with van der Waals surface area (Å²) in [5.74, 6) is 0.994. The van der Waals surface area contributed by atoms with Crippen LogP contribution in [0.1, 0.15) is 18.1 Å². The van der Waals surface area contributed by atoms with Gasteiger partial charge in [0.2, 0.25) is 5.95 Å². The van der Waals surface area contributed by atoms with E-state index in [0.29, 0.717) is 34.6 Å². The molecule has 1 atom stereocenters. The van der Waals surface area contributed by atoms with E-state index in [1.807, 2.05) is 16.7 Å². The summed E-state index contributed by atoms with van der Waals surface area (Å²) in [6.45, 7) is 5.81. The van der Waals surface area contributed by atoms with Crippen LogP contribution in [0.3, 0.4) is 0 Å². The van der Waals surface area contributed by atoms with Crippen molar-refractivity contribution in [2.24, 2.45) is 13.0 Å². The Morgan fingerprint density at radius 2 is 1.84 bits per heavy atom. The number of aryl methyl sites for hydroxylation is 2. The first-order valence-electron chi connectivity index (χ1n) is 10.6. The fraction of sp³-hybridized carbons (Fsp3) is 0.292. The third-order valence-corrected chi connectivity index (χ3v) is 6.25. The molecule has 32 heavy (non-hydrogen) atoms. The van der Waals surface area contributed by atoms with Crippen molar-refractivity contribution in [3.63, 3.8) is 0 Å². The number of benzene rings is 2. The van der Waals surface area contributed by atoms with Gasteiger partial charge >= 0.3 is 5.69 Å². The van der Waals surface area contributed by atoms with E-state index in [1.54, 1.807) is 19.2 Å². The van der Waals surface area contributed by atoms with Crippen molar-refractivity contribution in [2.45, 2.75) is 26.9 Å². The zero-order chi connectivity index (χ0) is 22.6. The van der Waals surface area contributed by atoms with Gasteiger partial charge in [0.25, 0.3) is 5.56 Å². The minimum absolute atomic E-state index is 0.153. The van der Waals surface area contributed by atoms with Crippen molar-refractivity contribution >= 4 is 34.4 Å². The Morgan fingerprint density at radius 3 is 2.56 bits per heavy atom. The van der Waals surface area contributed by atoms with Crippen LogP contribution in [0.2, 0.25) is 5.02 Å². The van der Waals surface area contributed by atoms with E-state index < -0.39 is 5.69 Å². The first-order chi connectivity index (χ1) is 15.3. The third kappa shape index (κ3) is 3.33. The van der Waals surface area contributed by atoms with Crippen molar-refractivity contribution in [3.8, 4) is 0 Å². The quantitative estimate of drug-likeness (QED) is 0.478. The maximum Gasteiger partial charge on any atom is 0.332 e. The molecule has 0 radical (unpaired) electrons. The van der Waals surface area contributed by atoms with Gasteiger partial charge in [-0.25, -0.2) is 4.79 Å². The minimum atomic E-state index is -0.396. The second-order valence-electron chi connectivity index (χ2n) is 8.61. The van der Waals surface area contributed by atoms with Crippen LogP contribution in [-0.2, 0) is 20.1 Å². The van der Waals surface area contributed by atoms with Gasteiger partial charge in [-0.2, -0.15) is 4.98 Å². The molecule has 0 aliphatic carbocycles. The van der Waals surface area contributed by atoms with Crippen molar-refractivity contribution < 1.29 is 0 Å². The maximum atomic E-state index is 13.6. The molecule has 1 aliphatic rings. The fourth-order valence-corrected chi connectivity index (χ4v) is 4.62. The van der Waals surface area contributed by atoms with Crippen LogP contribution in [0.5, 0.6) is 0 Å². The summed E-state index contributed by atoms with van der Waals surface area (Å²) in [6, 6.07) is 15.5. The Kier molecular flexibility index (Phi) is 4.93. The molecule has 0 saturated heterocycles. The maximum absolute atomic E-state index is 13.6. The Labute approximate surface area is 190 Å². The number of hydrogen-bond acceptors (Lipinski definition) is 4. The molecule has 164 valence electrons. The molecular formula is C24H24ClN5O2. The number of rotatable bonds is 3. The second-order valence-corrected chi connectivity index (χ2v) is 9.05. The van der Waals surface area contributed by atoms with E-state index in [-0.39, 0.29) is 12.1 Å². The van der Waals surface area contributed by atoms with Crippen molar-refractivity contribution in [2.75, 3.05) is 11.4 Å². The van der Waals surface area contributed by atoms with Crippen LogP contribution in [0.25, 0.3) is 11.2 Å². The van der Waals surface area contributed by atoms with E-state index in [4.69, 9.17) is 16.6 Å². The summed E-state index contributed by atoms with van der Waals surface area (Å²) >= 11 is 6.10. The first kappa shape index (κ1) is 20.6. The Hall–Kier alpha value is -3.32. The smallest absolute Gasteiger partial charge is 0.312 e. The average Bonchev–Trinajstić information content (AvgIpc) is 3.15. The highest BCUT2D eigenvalue weighted by Gasteiger charge is 2.29. The number of anilines is 2. The number of hydrogen-bond donors (Lipinski definition) is 0. The number of nitrogens with zero attached hydrogens (tertiary/aromatic N) is 5.